The number of hydrogen-bond donors (Lipinski definition) is 2. The Morgan fingerprint density at radius 2 is 2.00 bits per heavy atom. The van der Waals surface area contributed by atoms with Crippen LogP contribution in [0.1, 0.15) is 28.8 Å². The summed E-state index contributed by atoms with van der Waals surface area (Å²) in [6.45, 7) is 3.49. The molecule has 2 heterocycles. The van der Waals surface area contributed by atoms with Crippen molar-refractivity contribution in [2.24, 2.45) is 0 Å². The van der Waals surface area contributed by atoms with Crippen LogP contribution in [0.5, 0.6) is 0 Å². The molecule has 2 N–H and O–H groups in total. The summed E-state index contributed by atoms with van der Waals surface area (Å²) >= 11 is 1.31. The van der Waals surface area contributed by atoms with Crippen molar-refractivity contribution in [1.29, 1.82) is 5.26 Å². The van der Waals surface area contributed by atoms with Gasteiger partial charge in [0.15, 0.2) is 0 Å². The number of H-pyrrole nitrogens is 1. The summed E-state index contributed by atoms with van der Waals surface area (Å²) in [4.78, 5) is 26.7. The molecular formula is C19H17N5O2S. The number of nitrogens with zero attached hydrogens (tertiary/aromatic N) is 3. The van der Waals surface area contributed by atoms with Crippen LogP contribution in [0.25, 0.3) is 10.6 Å². The molecular weight excluding hydrogens is 362 g/mol. The number of amides is 1. The maximum atomic E-state index is 12.3. The second-order valence-electron chi connectivity index (χ2n) is 6.00. The van der Waals surface area contributed by atoms with Gasteiger partial charge in [-0.15, -0.1) is 10.2 Å². The van der Waals surface area contributed by atoms with Gasteiger partial charge in [0.1, 0.15) is 16.6 Å². The minimum absolute atomic E-state index is 0.0904. The predicted molar refractivity (Wildman–Crippen MR) is 104 cm³/mol. The SMILES string of the molecule is Cc1[nH]c(=O)c(C#N)c(C)c1CCC(=O)Nc1nnc(-c2ccccc2)s1. The van der Waals surface area contributed by atoms with Gasteiger partial charge in [0, 0.05) is 17.7 Å². The van der Waals surface area contributed by atoms with Gasteiger partial charge in [-0.2, -0.15) is 5.26 Å². The van der Waals surface area contributed by atoms with Crippen molar-refractivity contribution in [3.63, 3.8) is 0 Å². The first-order valence-electron chi connectivity index (χ1n) is 8.31. The molecule has 7 nitrogen and oxygen atoms in total. The second-order valence-corrected chi connectivity index (χ2v) is 6.97. The Kier molecular flexibility index (Phi) is 5.43. The highest BCUT2D eigenvalue weighted by atomic mass is 32.1. The number of carbonyl (C=O) groups is 1. The van der Waals surface area contributed by atoms with E-state index < -0.39 is 5.56 Å². The second kappa shape index (κ2) is 7.93. The molecule has 8 heteroatoms. The van der Waals surface area contributed by atoms with Crippen molar-refractivity contribution in [2.45, 2.75) is 26.7 Å². The Hall–Kier alpha value is -3.31. The van der Waals surface area contributed by atoms with Gasteiger partial charge in [-0.1, -0.05) is 41.7 Å². The lowest BCUT2D eigenvalue weighted by Gasteiger charge is -2.10. The van der Waals surface area contributed by atoms with E-state index in [0.717, 1.165) is 16.1 Å². The van der Waals surface area contributed by atoms with Crippen LogP contribution >= 0.6 is 11.3 Å². The third kappa shape index (κ3) is 4.10. The van der Waals surface area contributed by atoms with Gasteiger partial charge in [0.2, 0.25) is 11.0 Å². The molecule has 136 valence electrons. The number of pyridine rings is 1. The Morgan fingerprint density at radius 1 is 1.26 bits per heavy atom. The molecule has 0 aliphatic rings. The largest absolute Gasteiger partial charge is 0.325 e. The number of nitrogens with one attached hydrogen (secondary N) is 2. The van der Waals surface area contributed by atoms with Gasteiger partial charge in [-0.3, -0.25) is 9.59 Å². The first-order chi connectivity index (χ1) is 13.0. The number of aromatic amines is 1. The Bertz CT molecular complexity index is 1080. The minimum atomic E-state index is -0.400. The van der Waals surface area contributed by atoms with E-state index in [4.69, 9.17) is 5.26 Å². The standard InChI is InChI=1S/C19H17N5O2S/c1-11-14(12(2)21-17(26)15(11)10-20)8-9-16(25)22-19-24-23-18(27-19)13-6-4-3-5-7-13/h3-7H,8-9H2,1-2H3,(H,21,26)(H,22,24,25). The maximum Gasteiger partial charge on any atom is 0.266 e. The van der Waals surface area contributed by atoms with Gasteiger partial charge in [-0.05, 0) is 31.4 Å². The Morgan fingerprint density at radius 3 is 2.70 bits per heavy atom. The summed E-state index contributed by atoms with van der Waals surface area (Å²) < 4.78 is 0. The molecule has 0 aliphatic heterocycles. The predicted octanol–water partition coefficient (Wildman–Crippen LogP) is 2.95. The molecule has 27 heavy (non-hydrogen) atoms. The first kappa shape index (κ1) is 18.5. The van der Waals surface area contributed by atoms with Gasteiger partial charge < -0.3 is 10.3 Å². The van der Waals surface area contributed by atoms with E-state index in [0.29, 0.717) is 22.8 Å². The number of rotatable bonds is 5. The van der Waals surface area contributed by atoms with Crippen molar-refractivity contribution >= 4 is 22.4 Å². The molecule has 0 saturated carbocycles. The lowest BCUT2D eigenvalue weighted by molar-refractivity contribution is -0.116. The van der Waals surface area contributed by atoms with Crippen molar-refractivity contribution < 1.29 is 4.79 Å². The number of nitriles is 1. The number of aromatic nitrogens is 3. The van der Waals surface area contributed by atoms with Crippen LogP contribution in [0.4, 0.5) is 5.13 Å². The van der Waals surface area contributed by atoms with Crippen LogP contribution in [0.3, 0.4) is 0 Å². The molecule has 0 atom stereocenters. The first-order valence-corrected chi connectivity index (χ1v) is 9.12. The molecule has 0 saturated heterocycles. The summed E-state index contributed by atoms with van der Waals surface area (Å²) in [5.41, 5.74) is 2.73. The van der Waals surface area contributed by atoms with Crippen molar-refractivity contribution in [2.75, 3.05) is 5.32 Å². The van der Waals surface area contributed by atoms with Crippen LogP contribution in [-0.4, -0.2) is 21.1 Å². The van der Waals surface area contributed by atoms with E-state index in [1.165, 1.54) is 11.3 Å². The molecule has 0 fully saturated rings. The van der Waals surface area contributed by atoms with Gasteiger partial charge >= 0.3 is 0 Å². The maximum absolute atomic E-state index is 12.3. The van der Waals surface area contributed by atoms with Crippen LogP contribution in [0.2, 0.25) is 0 Å². The topological polar surface area (TPSA) is 112 Å². The van der Waals surface area contributed by atoms with Crippen LogP contribution in [-0.2, 0) is 11.2 Å². The average Bonchev–Trinajstić information content (AvgIpc) is 3.10. The average molecular weight is 379 g/mol. The van der Waals surface area contributed by atoms with E-state index in [-0.39, 0.29) is 17.9 Å². The van der Waals surface area contributed by atoms with E-state index in [9.17, 15) is 9.59 Å². The summed E-state index contributed by atoms with van der Waals surface area (Å²) in [6.07, 6.45) is 0.623. The minimum Gasteiger partial charge on any atom is -0.325 e. The Labute approximate surface area is 159 Å². The molecule has 1 amide bonds. The van der Waals surface area contributed by atoms with Crippen LogP contribution < -0.4 is 10.9 Å². The monoisotopic (exact) mass is 379 g/mol. The molecule has 0 radical (unpaired) electrons. The van der Waals surface area contributed by atoms with Crippen molar-refractivity contribution in [3.8, 4) is 16.6 Å². The van der Waals surface area contributed by atoms with E-state index >= 15 is 0 Å². The number of hydrogen-bond acceptors (Lipinski definition) is 6. The highest BCUT2D eigenvalue weighted by molar-refractivity contribution is 7.18. The fraction of sp³-hybridized carbons (Fsp3) is 0.211. The molecule has 1 aromatic carbocycles. The fourth-order valence-corrected chi connectivity index (χ4v) is 3.58. The Balaban J connectivity index is 1.67. The van der Waals surface area contributed by atoms with E-state index in [2.05, 4.69) is 20.5 Å². The molecule has 0 bridgehead atoms. The summed E-state index contributed by atoms with van der Waals surface area (Å²) in [7, 11) is 0. The molecule has 3 rings (SSSR count). The number of anilines is 1. The highest BCUT2D eigenvalue weighted by Crippen LogP contribution is 2.26. The van der Waals surface area contributed by atoms with Crippen molar-refractivity contribution in [3.05, 3.63) is 63.1 Å². The zero-order valence-electron chi connectivity index (χ0n) is 14.9. The third-order valence-electron chi connectivity index (χ3n) is 4.21. The summed E-state index contributed by atoms with van der Waals surface area (Å²) in [5.74, 6) is -0.200. The quantitative estimate of drug-likeness (QED) is 0.708. The smallest absolute Gasteiger partial charge is 0.266 e. The van der Waals surface area contributed by atoms with E-state index in [1.807, 2.05) is 36.4 Å². The third-order valence-corrected chi connectivity index (χ3v) is 5.10. The summed E-state index contributed by atoms with van der Waals surface area (Å²) in [6, 6.07) is 11.5. The number of benzene rings is 1. The summed E-state index contributed by atoms with van der Waals surface area (Å²) in [5, 5.41) is 21.1. The van der Waals surface area contributed by atoms with Gasteiger partial charge in [0.25, 0.3) is 5.56 Å². The molecule has 2 aromatic heterocycles. The number of aryl methyl sites for hydroxylation is 1. The molecule has 0 aliphatic carbocycles. The molecule has 0 spiro atoms. The lowest BCUT2D eigenvalue weighted by Crippen LogP contribution is -2.18. The zero-order valence-corrected chi connectivity index (χ0v) is 15.7. The number of carbonyl (C=O) groups excluding carboxylic acids is 1. The van der Waals surface area contributed by atoms with Crippen molar-refractivity contribution in [1.82, 2.24) is 15.2 Å². The lowest BCUT2D eigenvalue weighted by atomic mass is 9.99. The zero-order chi connectivity index (χ0) is 19.4. The van der Waals surface area contributed by atoms with Gasteiger partial charge in [-0.25, -0.2) is 0 Å². The van der Waals surface area contributed by atoms with Gasteiger partial charge in [0.05, 0.1) is 0 Å². The molecule has 0 unspecified atom stereocenters. The van der Waals surface area contributed by atoms with Crippen LogP contribution in [0, 0.1) is 25.2 Å². The van der Waals surface area contributed by atoms with Crippen LogP contribution in [0.15, 0.2) is 35.1 Å². The normalized spacial score (nSPS) is 10.4. The highest BCUT2D eigenvalue weighted by Gasteiger charge is 2.14. The fourth-order valence-electron chi connectivity index (χ4n) is 2.81. The molecule has 3 aromatic rings. The van der Waals surface area contributed by atoms with E-state index in [1.54, 1.807) is 13.8 Å².